The molecule has 214 valence electrons. The standard InChI is InChI=1S/C15H22N2O3.C15H22N2O2/c1-12(15(18)19)11-16-7-9-17(10-8-16)13-3-5-14(20-2)6-4-13;1-13(12-18)11-16-7-9-17(10-8-16)14-3-5-15(19-2)6-4-14/h3-6,12H,7-11H2,1-2H3,(H,18,19);3-6,12-13H,7-11H2,1-2H3/t12-;13-/m00/s1. The Morgan fingerprint density at radius 1 is 0.744 bits per heavy atom. The minimum Gasteiger partial charge on any atom is -0.497 e. The number of hydrogen-bond acceptors (Lipinski definition) is 8. The molecular formula is C30H44N4O5. The first-order valence-electron chi connectivity index (χ1n) is 13.7. The first-order chi connectivity index (χ1) is 18.8. The molecule has 2 aliphatic rings. The van der Waals surface area contributed by atoms with Gasteiger partial charge in [-0.25, -0.2) is 0 Å². The molecule has 0 bridgehead atoms. The van der Waals surface area contributed by atoms with Crippen LogP contribution in [0.15, 0.2) is 48.5 Å². The van der Waals surface area contributed by atoms with Crippen molar-refractivity contribution in [2.45, 2.75) is 13.8 Å². The maximum absolute atomic E-state index is 10.9. The Labute approximate surface area is 232 Å². The number of hydrogen-bond donors (Lipinski definition) is 1. The Balaban J connectivity index is 0.000000216. The van der Waals surface area contributed by atoms with Crippen molar-refractivity contribution >= 4 is 23.6 Å². The van der Waals surface area contributed by atoms with E-state index in [0.29, 0.717) is 6.54 Å². The van der Waals surface area contributed by atoms with Gasteiger partial charge in [-0.3, -0.25) is 14.6 Å². The third kappa shape index (κ3) is 9.44. The van der Waals surface area contributed by atoms with Crippen LogP contribution in [-0.4, -0.2) is 107 Å². The fourth-order valence-corrected chi connectivity index (χ4v) is 4.88. The molecule has 0 spiro atoms. The molecule has 39 heavy (non-hydrogen) atoms. The molecular weight excluding hydrogens is 496 g/mol. The molecule has 0 aromatic heterocycles. The quantitative estimate of drug-likeness (QED) is 0.457. The van der Waals surface area contributed by atoms with Gasteiger partial charge in [0.05, 0.1) is 20.1 Å². The molecule has 1 N–H and O–H groups in total. The van der Waals surface area contributed by atoms with E-state index in [1.807, 2.05) is 31.2 Å². The van der Waals surface area contributed by atoms with E-state index in [4.69, 9.17) is 14.6 Å². The molecule has 0 saturated carbocycles. The topological polar surface area (TPSA) is 85.8 Å². The van der Waals surface area contributed by atoms with Gasteiger partial charge >= 0.3 is 5.97 Å². The maximum atomic E-state index is 10.9. The highest BCUT2D eigenvalue weighted by molar-refractivity contribution is 5.69. The van der Waals surface area contributed by atoms with Crippen LogP contribution in [0.1, 0.15) is 13.8 Å². The molecule has 0 amide bonds. The van der Waals surface area contributed by atoms with Crippen LogP contribution in [0.2, 0.25) is 0 Å². The number of carboxylic acids is 1. The zero-order valence-corrected chi connectivity index (χ0v) is 23.8. The van der Waals surface area contributed by atoms with Crippen LogP contribution < -0.4 is 19.3 Å². The largest absolute Gasteiger partial charge is 0.497 e. The number of ether oxygens (including phenoxy) is 2. The molecule has 2 aromatic carbocycles. The van der Waals surface area contributed by atoms with E-state index in [1.54, 1.807) is 21.1 Å². The zero-order valence-electron chi connectivity index (χ0n) is 23.8. The van der Waals surface area contributed by atoms with Crippen LogP contribution >= 0.6 is 0 Å². The molecule has 9 heteroatoms. The van der Waals surface area contributed by atoms with E-state index in [2.05, 4.69) is 43.9 Å². The summed E-state index contributed by atoms with van der Waals surface area (Å²) < 4.78 is 10.3. The molecule has 0 unspecified atom stereocenters. The second-order valence-electron chi connectivity index (χ2n) is 10.3. The van der Waals surface area contributed by atoms with E-state index >= 15 is 0 Å². The number of carbonyl (C=O) groups is 2. The first-order valence-corrected chi connectivity index (χ1v) is 13.7. The summed E-state index contributed by atoms with van der Waals surface area (Å²) in [4.78, 5) is 30.8. The van der Waals surface area contributed by atoms with Gasteiger partial charge in [0.25, 0.3) is 0 Å². The van der Waals surface area contributed by atoms with Gasteiger partial charge < -0.3 is 29.2 Å². The number of benzene rings is 2. The summed E-state index contributed by atoms with van der Waals surface area (Å²) in [6.07, 6.45) is 1.04. The number of piperazine rings is 2. The Morgan fingerprint density at radius 3 is 1.46 bits per heavy atom. The van der Waals surface area contributed by atoms with E-state index in [-0.39, 0.29) is 11.8 Å². The van der Waals surface area contributed by atoms with E-state index in [0.717, 1.165) is 76.7 Å². The lowest BCUT2D eigenvalue weighted by Gasteiger charge is -2.36. The predicted octanol–water partition coefficient (Wildman–Crippen LogP) is 3.19. The highest BCUT2D eigenvalue weighted by Gasteiger charge is 2.21. The van der Waals surface area contributed by atoms with Gasteiger partial charge in [0.1, 0.15) is 17.8 Å². The molecule has 2 atom stereocenters. The summed E-state index contributed by atoms with van der Waals surface area (Å²) in [5.74, 6) is 0.863. The minimum absolute atomic E-state index is 0.132. The average molecular weight is 541 g/mol. The Kier molecular flexibility index (Phi) is 11.9. The number of carbonyl (C=O) groups excluding carboxylic acids is 1. The summed E-state index contributed by atoms with van der Waals surface area (Å²) in [7, 11) is 3.35. The molecule has 0 radical (unpaired) electrons. The highest BCUT2D eigenvalue weighted by atomic mass is 16.5. The molecule has 2 fully saturated rings. The number of nitrogens with zero attached hydrogens (tertiary/aromatic N) is 4. The van der Waals surface area contributed by atoms with Gasteiger partial charge in [0, 0.05) is 82.7 Å². The van der Waals surface area contributed by atoms with Gasteiger partial charge in [-0.1, -0.05) is 13.8 Å². The van der Waals surface area contributed by atoms with Crippen molar-refractivity contribution in [1.82, 2.24) is 9.80 Å². The lowest BCUT2D eigenvalue weighted by atomic mass is 10.1. The van der Waals surface area contributed by atoms with Crippen molar-refractivity contribution in [2.75, 3.05) is 89.5 Å². The Morgan fingerprint density at radius 2 is 1.13 bits per heavy atom. The van der Waals surface area contributed by atoms with E-state index in [9.17, 15) is 9.59 Å². The fourth-order valence-electron chi connectivity index (χ4n) is 4.88. The molecule has 2 aromatic rings. The third-order valence-electron chi connectivity index (χ3n) is 7.35. The van der Waals surface area contributed by atoms with Gasteiger partial charge in [0.15, 0.2) is 0 Å². The average Bonchev–Trinajstić information content (AvgIpc) is 2.98. The van der Waals surface area contributed by atoms with Crippen molar-refractivity contribution in [1.29, 1.82) is 0 Å². The highest BCUT2D eigenvalue weighted by Crippen LogP contribution is 2.22. The smallest absolute Gasteiger partial charge is 0.307 e. The molecule has 2 aliphatic heterocycles. The van der Waals surface area contributed by atoms with Crippen molar-refractivity contribution in [3.8, 4) is 11.5 Å². The molecule has 0 aliphatic carbocycles. The predicted molar refractivity (Wildman–Crippen MR) is 155 cm³/mol. The first kappa shape index (κ1) is 30.2. The van der Waals surface area contributed by atoms with E-state index in [1.165, 1.54) is 11.4 Å². The van der Waals surface area contributed by atoms with Crippen LogP contribution in [0.5, 0.6) is 11.5 Å². The summed E-state index contributed by atoms with van der Waals surface area (Å²) >= 11 is 0. The number of aliphatic carboxylic acids is 1. The number of rotatable bonds is 10. The summed E-state index contributed by atoms with van der Waals surface area (Å²) in [6, 6.07) is 16.3. The lowest BCUT2D eigenvalue weighted by molar-refractivity contribution is -0.141. The number of aldehydes is 1. The second-order valence-corrected chi connectivity index (χ2v) is 10.3. The van der Waals surface area contributed by atoms with Gasteiger partial charge in [0.2, 0.25) is 0 Å². The lowest BCUT2D eigenvalue weighted by Crippen LogP contribution is -2.48. The van der Waals surface area contributed by atoms with Crippen LogP contribution in [0.3, 0.4) is 0 Å². The van der Waals surface area contributed by atoms with Crippen molar-refractivity contribution < 1.29 is 24.2 Å². The third-order valence-corrected chi connectivity index (χ3v) is 7.35. The molecule has 2 saturated heterocycles. The van der Waals surface area contributed by atoms with Crippen LogP contribution in [0, 0.1) is 11.8 Å². The SMILES string of the molecule is COc1ccc(N2CCN(C[C@H](C)C(=O)O)CC2)cc1.COc1ccc(N2CCN(C[C@H](C)C=O)CC2)cc1. The minimum atomic E-state index is -0.720. The number of anilines is 2. The van der Waals surface area contributed by atoms with Crippen LogP contribution in [-0.2, 0) is 9.59 Å². The van der Waals surface area contributed by atoms with Crippen LogP contribution in [0.4, 0.5) is 11.4 Å². The van der Waals surface area contributed by atoms with Crippen molar-refractivity contribution in [3.63, 3.8) is 0 Å². The maximum Gasteiger partial charge on any atom is 0.307 e. The van der Waals surface area contributed by atoms with E-state index < -0.39 is 5.97 Å². The Bertz CT molecular complexity index is 1000. The summed E-state index contributed by atoms with van der Waals surface area (Å²) in [5.41, 5.74) is 2.43. The number of methoxy groups -OCH3 is 2. The summed E-state index contributed by atoms with van der Waals surface area (Å²) in [5, 5.41) is 8.94. The molecule has 4 rings (SSSR count). The van der Waals surface area contributed by atoms with Crippen LogP contribution in [0.25, 0.3) is 0 Å². The van der Waals surface area contributed by atoms with Gasteiger partial charge in [-0.05, 0) is 48.5 Å². The van der Waals surface area contributed by atoms with Gasteiger partial charge in [-0.15, -0.1) is 0 Å². The molecule has 9 nitrogen and oxygen atoms in total. The van der Waals surface area contributed by atoms with Crippen molar-refractivity contribution in [2.24, 2.45) is 11.8 Å². The monoisotopic (exact) mass is 540 g/mol. The second kappa shape index (κ2) is 15.3. The summed E-state index contributed by atoms with van der Waals surface area (Å²) in [6.45, 7) is 13.0. The molecule has 2 heterocycles. The fraction of sp³-hybridized carbons (Fsp3) is 0.533. The van der Waals surface area contributed by atoms with Gasteiger partial charge in [-0.2, -0.15) is 0 Å². The van der Waals surface area contributed by atoms with Crippen molar-refractivity contribution in [3.05, 3.63) is 48.5 Å². The number of carboxylic acid groups (broad SMARTS) is 1. The zero-order chi connectivity index (χ0) is 28.2. The Hall–Kier alpha value is -3.30. The normalized spacial score (nSPS) is 17.9.